The first-order chi connectivity index (χ1) is 14.8. The molecule has 1 aliphatic heterocycles. The number of hydrogen-bond donors (Lipinski definition) is 3. The van der Waals surface area contributed by atoms with Gasteiger partial charge in [-0.1, -0.05) is 42.5 Å². The summed E-state index contributed by atoms with van der Waals surface area (Å²) in [4.78, 5) is 12.4. The highest BCUT2D eigenvalue weighted by Gasteiger charge is 2.32. The van der Waals surface area contributed by atoms with E-state index in [-0.39, 0.29) is 12.7 Å². The minimum atomic E-state index is -4.60. The Morgan fingerprint density at radius 2 is 1.94 bits per heavy atom. The molecule has 0 saturated carbocycles. The van der Waals surface area contributed by atoms with Gasteiger partial charge in [-0.2, -0.15) is 8.42 Å². The molecule has 3 N–H and O–H groups in total. The summed E-state index contributed by atoms with van der Waals surface area (Å²) in [6.45, 7) is 1.89. The van der Waals surface area contributed by atoms with Crippen molar-refractivity contribution >= 4 is 22.1 Å². The molecule has 10 heteroatoms. The normalized spacial score (nSPS) is 21.4. The van der Waals surface area contributed by atoms with Crippen molar-refractivity contribution in [3.63, 3.8) is 0 Å². The fourth-order valence-electron chi connectivity index (χ4n) is 3.29. The third kappa shape index (κ3) is 8.27. The quantitative estimate of drug-likeness (QED) is 0.528. The zero-order valence-electron chi connectivity index (χ0n) is 17.1. The molecular formula is C21H26N2O7S. The molecule has 1 fully saturated rings. The molecule has 1 aliphatic rings. The van der Waals surface area contributed by atoms with Crippen molar-refractivity contribution < 1.29 is 31.4 Å². The van der Waals surface area contributed by atoms with Gasteiger partial charge in [0.2, 0.25) is 0 Å². The smallest absolute Gasteiger partial charge is 0.373 e. The molecule has 0 aliphatic carbocycles. The predicted molar refractivity (Wildman–Crippen MR) is 114 cm³/mol. The highest BCUT2D eigenvalue weighted by Crippen LogP contribution is 2.23. The number of ether oxygens (including phenoxy) is 2. The molecule has 3 unspecified atom stereocenters. The van der Waals surface area contributed by atoms with Crippen LogP contribution in [0.2, 0.25) is 0 Å². The molecule has 0 aromatic heterocycles. The Morgan fingerprint density at radius 1 is 1.16 bits per heavy atom. The number of urea groups is 1. The molecule has 2 amide bonds. The van der Waals surface area contributed by atoms with Gasteiger partial charge >= 0.3 is 16.4 Å². The first-order valence-electron chi connectivity index (χ1n) is 9.84. The number of hydrogen-bond acceptors (Lipinski definition) is 6. The molecule has 31 heavy (non-hydrogen) atoms. The first kappa shape index (κ1) is 23.2. The predicted octanol–water partition coefficient (Wildman–Crippen LogP) is 3.03. The maximum absolute atomic E-state index is 12.4. The van der Waals surface area contributed by atoms with Gasteiger partial charge in [-0.25, -0.2) is 8.98 Å². The minimum Gasteiger partial charge on any atom is -0.373 e. The SMILES string of the molecule is Cc1cccc(NC(=O)NC2CC(OCc3ccccc3)CC(COS(=O)(=O)O)O2)c1. The van der Waals surface area contributed by atoms with E-state index in [4.69, 9.17) is 14.0 Å². The van der Waals surface area contributed by atoms with Crippen molar-refractivity contribution in [2.45, 2.75) is 44.8 Å². The van der Waals surface area contributed by atoms with Gasteiger partial charge in [0.25, 0.3) is 0 Å². The lowest BCUT2D eigenvalue weighted by molar-refractivity contribution is -0.134. The Morgan fingerprint density at radius 3 is 2.65 bits per heavy atom. The molecule has 0 spiro atoms. The fourth-order valence-corrected chi connectivity index (χ4v) is 3.62. The summed E-state index contributed by atoms with van der Waals surface area (Å²) in [6, 6.07) is 16.5. The summed E-state index contributed by atoms with van der Waals surface area (Å²) in [6.07, 6.45) is -1.01. The molecule has 1 saturated heterocycles. The third-order valence-electron chi connectivity index (χ3n) is 4.66. The molecule has 168 valence electrons. The molecule has 0 radical (unpaired) electrons. The van der Waals surface area contributed by atoms with Crippen LogP contribution in [0, 0.1) is 6.92 Å². The highest BCUT2D eigenvalue weighted by atomic mass is 32.3. The number of carbonyl (C=O) groups is 1. The number of anilines is 1. The van der Waals surface area contributed by atoms with Gasteiger partial charge in [0.15, 0.2) is 0 Å². The van der Waals surface area contributed by atoms with Crippen LogP contribution in [0.5, 0.6) is 0 Å². The molecule has 3 rings (SSSR count). The monoisotopic (exact) mass is 450 g/mol. The van der Waals surface area contributed by atoms with E-state index in [1.54, 1.807) is 6.07 Å². The Labute approximate surface area is 181 Å². The lowest BCUT2D eigenvalue weighted by Crippen LogP contribution is -2.49. The topological polar surface area (TPSA) is 123 Å². The lowest BCUT2D eigenvalue weighted by atomic mass is 10.0. The first-order valence-corrected chi connectivity index (χ1v) is 11.2. The summed E-state index contributed by atoms with van der Waals surface area (Å²) in [5.41, 5.74) is 2.63. The average molecular weight is 451 g/mol. The van der Waals surface area contributed by atoms with Gasteiger partial charge in [-0.3, -0.25) is 4.55 Å². The average Bonchev–Trinajstić information content (AvgIpc) is 2.71. The summed E-state index contributed by atoms with van der Waals surface area (Å²) in [5, 5.41) is 5.46. The summed E-state index contributed by atoms with van der Waals surface area (Å²) < 4.78 is 46.9. The zero-order valence-corrected chi connectivity index (χ0v) is 17.9. The van der Waals surface area contributed by atoms with Crippen molar-refractivity contribution in [3.05, 3.63) is 65.7 Å². The van der Waals surface area contributed by atoms with Gasteiger partial charge in [-0.05, 0) is 30.2 Å². The molecule has 2 aromatic carbocycles. The molecule has 3 atom stereocenters. The van der Waals surface area contributed by atoms with E-state index < -0.39 is 28.8 Å². The Balaban J connectivity index is 1.60. The van der Waals surface area contributed by atoms with Crippen molar-refractivity contribution in [1.29, 1.82) is 0 Å². The minimum absolute atomic E-state index is 0.312. The number of aryl methyl sites for hydroxylation is 1. The van der Waals surface area contributed by atoms with Crippen LogP contribution in [0.4, 0.5) is 10.5 Å². The van der Waals surface area contributed by atoms with Crippen LogP contribution < -0.4 is 10.6 Å². The summed E-state index contributed by atoms with van der Waals surface area (Å²) in [7, 11) is -4.60. The van der Waals surface area contributed by atoms with E-state index in [9.17, 15) is 13.2 Å². The summed E-state index contributed by atoms with van der Waals surface area (Å²) in [5.74, 6) is 0. The second-order valence-electron chi connectivity index (χ2n) is 7.32. The number of nitrogens with one attached hydrogen (secondary N) is 2. The molecule has 9 nitrogen and oxygen atoms in total. The molecule has 0 bridgehead atoms. The highest BCUT2D eigenvalue weighted by molar-refractivity contribution is 7.80. The Hall–Kier alpha value is -2.50. The Bertz CT molecular complexity index is 969. The molecular weight excluding hydrogens is 424 g/mol. The maximum Gasteiger partial charge on any atom is 0.397 e. The second kappa shape index (κ2) is 10.7. The van der Waals surface area contributed by atoms with E-state index >= 15 is 0 Å². The second-order valence-corrected chi connectivity index (χ2v) is 8.41. The number of carbonyl (C=O) groups excluding carboxylic acids is 1. The largest absolute Gasteiger partial charge is 0.397 e. The molecule has 1 heterocycles. The van der Waals surface area contributed by atoms with Gasteiger partial charge in [0.1, 0.15) is 6.23 Å². The van der Waals surface area contributed by atoms with Crippen LogP contribution >= 0.6 is 0 Å². The summed E-state index contributed by atoms with van der Waals surface area (Å²) >= 11 is 0. The van der Waals surface area contributed by atoms with Crippen molar-refractivity contribution in [2.75, 3.05) is 11.9 Å². The van der Waals surface area contributed by atoms with E-state index in [0.717, 1.165) is 11.1 Å². The maximum atomic E-state index is 12.4. The van der Waals surface area contributed by atoms with Crippen LogP contribution in [0.25, 0.3) is 0 Å². The Kier molecular flexibility index (Phi) is 7.99. The fraction of sp³-hybridized carbons (Fsp3) is 0.381. The number of amides is 2. The van der Waals surface area contributed by atoms with Gasteiger partial charge in [-0.15, -0.1) is 0 Å². The van der Waals surface area contributed by atoms with E-state index in [2.05, 4.69) is 14.8 Å². The van der Waals surface area contributed by atoms with Crippen LogP contribution in [0.3, 0.4) is 0 Å². The van der Waals surface area contributed by atoms with E-state index in [0.29, 0.717) is 25.1 Å². The van der Waals surface area contributed by atoms with Crippen LogP contribution in [0.1, 0.15) is 24.0 Å². The van der Waals surface area contributed by atoms with Gasteiger partial charge < -0.3 is 20.1 Å². The van der Waals surface area contributed by atoms with Crippen molar-refractivity contribution in [3.8, 4) is 0 Å². The third-order valence-corrected chi connectivity index (χ3v) is 5.09. The van der Waals surface area contributed by atoms with Gasteiger partial charge in [0.05, 0.1) is 25.4 Å². The van der Waals surface area contributed by atoms with Crippen molar-refractivity contribution in [1.82, 2.24) is 5.32 Å². The van der Waals surface area contributed by atoms with E-state index in [1.807, 2.05) is 55.5 Å². The van der Waals surface area contributed by atoms with E-state index in [1.165, 1.54) is 0 Å². The van der Waals surface area contributed by atoms with Crippen LogP contribution in [0.15, 0.2) is 54.6 Å². The van der Waals surface area contributed by atoms with Crippen molar-refractivity contribution in [2.24, 2.45) is 0 Å². The van der Waals surface area contributed by atoms with Crippen LogP contribution in [-0.2, 0) is 30.7 Å². The number of rotatable bonds is 8. The standard InChI is InChI=1S/C21H26N2O7S/c1-15-6-5-9-17(10-15)22-21(24)23-20-12-18(28-13-16-7-3-2-4-8-16)11-19(30-20)14-29-31(25,26)27/h2-10,18-20H,11-14H2,1H3,(H2,22,23,24)(H,25,26,27). The van der Waals surface area contributed by atoms with Crippen LogP contribution in [-0.4, -0.2) is 44.0 Å². The molecule has 2 aromatic rings. The van der Waals surface area contributed by atoms with Gasteiger partial charge in [0, 0.05) is 18.5 Å². The zero-order chi connectivity index (χ0) is 22.3. The number of benzene rings is 2. The lowest BCUT2D eigenvalue weighted by Gasteiger charge is -2.35.